The fourth-order valence-electron chi connectivity index (χ4n) is 5.03. The molecule has 10 nitrogen and oxygen atoms in total. The zero-order valence-corrected chi connectivity index (χ0v) is 25.9. The molecule has 2 N–H and O–H groups in total. The lowest BCUT2D eigenvalue weighted by atomic mass is 9.77. The van der Waals surface area contributed by atoms with E-state index in [-0.39, 0.29) is 11.9 Å². The number of nitrogens with zero attached hydrogens (tertiary/aromatic N) is 2. The Morgan fingerprint density at radius 1 is 1.19 bits per heavy atom. The van der Waals surface area contributed by atoms with Gasteiger partial charge in [0.15, 0.2) is 11.5 Å². The summed E-state index contributed by atoms with van der Waals surface area (Å²) in [7, 11) is 1.56. The normalized spacial score (nSPS) is 15.6. The number of aliphatic imine (C=N–C) groups is 1. The van der Waals surface area contributed by atoms with Crippen LogP contribution in [0.4, 0.5) is 16.2 Å². The maximum Gasteiger partial charge on any atom is 0.319 e. The molecule has 0 radical (unpaired) electrons. The van der Waals surface area contributed by atoms with Crippen molar-refractivity contribution in [2.45, 2.75) is 46.0 Å². The van der Waals surface area contributed by atoms with Crippen LogP contribution in [0, 0.1) is 5.41 Å². The van der Waals surface area contributed by atoms with Gasteiger partial charge < -0.3 is 34.5 Å². The van der Waals surface area contributed by atoms with E-state index in [1.54, 1.807) is 43.7 Å². The lowest BCUT2D eigenvalue weighted by Gasteiger charge is -2.47. The number of hydrogen-bond donors (Lipinski definition) is 2. The van der Waals surface area contributed by atoms with E-state index in [1.807, 2.05) is 18.7 Å². The highest BCUT2D eigenvalue weighted by Crippen LogP contribution is 2.40. The van der Waals surface area contributed by atoms with Gasteiger partial charge in [0.1, 0.15) is 11.5 Å². The van der Waals surface area contributed by atoms with Crippen LogP contribution in [0.2, 0.25) is 5.02 Å². The lowest BCUT2D eigenvalue weighted by Crippen LogP contribution is -2.52. The molecule has 0 aromatic heterocycles. The van der Waals surface area contributed by atoms with Gasteiger partial charge in [0.05, 0.1) is 43.3 Å². The van der Waals surface area contributed by atoms with Crippen molar-refractivity contribution in [3.8, 4) is 17.2 Å². The molecule has 2 aliphatic heterocycles. The molecule has 11 heteroatoms. The molecule has 2 aliphatic rings. The quantitative estimate of drug-likeness (QED) is 0.153. The van der Waals surface area contributed by atoms with Crippen molar-refractivity contribution in [1.29, 1.82) is 0 Å². The lowest BCUT2D eigenvalue weighted by molar-refractivity contribution is -0.153. The van der Waals surface area contributed by atoms with Crippen molar-refractivity contribution < 1.29 is 28.5 Å². The molecule has 1 spiro atoms. The summed E-state index contributed by atoms with van der Waals surface area (Å²) in [6.45, 7) is 12.0. The largest absolute Gasteiger partial charge is 0.493 e. The maximum atomic E-state index is 12.7. The number of benzene rings is 2. The zero-order chi connectivity index (χ0) is 30.8. The first-order valence-electron chi connectivity index (χ1n) is 14.7. The van der Waals surface area contributed by atoms with E-state index < -0.39 is 0 Å². The van der Waals surface area contributed by atoms with Gasteiger partial charge in [0.25, 0.3) is 0 Å². The van der Waals surface area contributed by atoms with Crippen LogP contribution < -0.4 is 24.8 Å². The van der Waals surface area contributed by atoms with Crippen molar-refractivity contribution in [3.63, 3.8) is 0 Å². The molecule has 0 bridgehead atoms. The van der Waals surface area contributed by atoms with Gasteiger partial charge in [0.2, 0.25) is 5.91 Å². The predicted molar refractivity (Wildman–Crippen MR) is 169 cm³/mol. The number of nitrogens with one attached hydrogen (secondary N) is 2. The topological polar surface area (TPSA) is 111 Å². The summed E-state index contributed by atoms with van der Waals surface area (Å²) < 4.78 is 23.0. The third kappa shape index (κ3) is 8.42. The standard InChI is InChI=1S/C32H41ClN4O6/c1-5-13-35-31(39)36-26-10-9-23(17-25(26)33)43-22(3)24-18-28(40-4)29(19-27(24)34-6-2)42-16-7-8-30(38)37-14-11-32(12-15-37)20-41-21-32/h6,9-10,17-19H,3,5,7-8,11-16,20-21H2,1-2,4H3,(H2,35,36,39). The van der Waals surface area contributed by atoms with Gasteiger partial charge in [-0.25, -0.2) is 4.79 Å². The molecule has 0 saturated carbocycles. The number of rotatable bonds is 13. The summed E-state index contributed by atoms with van der Waals surface area (Å²) in [5, 5.41) is 5.78. The predicted octanol–water partition coefficient (Wildman–Crippen LogP) is 6.45. The Hall–Kier alpha value is -3.76. The molecule has 43 heavy (non-hydrogen) atoms. The van der Waals surface area contributed by atoms with E-state index in [4.69, 9.17) is 30.5 Å². The van der Waals surface area contributed by atoms with Crippen LogP contribution in [0.25, 0.3) is 5.76 Å². The van der Waals surface area contributed by atoms with Crippen molar-refractivity contribution >= 4 is 46.9 Å². The minimum absolute atomic E-state index is 0.161. The number of carbonyl (C=O) groups excluding carboxylic acids is 2. The number of urea groups is 1. The zero-order valence-electron chi connectivity index (χ0n) is 25.2. The van der Waals surface area contributed by atoms with E-state index in [0.29, 0.717) is 76.4 Å². The van der Waals surface area contributed by atoms with E-state index >= 15 is 0 Å². The van der Waals surface area contributed by atoms with Crippen LogP contribution in [-0.2, 0) is 9.53 Å². The summed E-state index contributed by atoms with van der Waals surface area (Å²) in [5.74, 6) is 1.92. The number of hydrogen-bond acceptors (Lipinski definition) is 7. The number of amides is 3. The SMILES string of the molecule is C=C(Oc1ccc(NC(=O)NCCC)c(Cl)c1)c1cc(OC)c(OCCCC(=O)N2CCC3(CC2)COC3)cc1N=CC. The van der Waals surface area contributed by atoms with Gasteiger partial charge in [-0.3, -0.25) is 9.79 Å². The first kappa shape index (κ1) is 32.2. The third-order valence-electron chi connectivity index (χ3n) is 7.60. The van der Waals surface area contributed by atoms with Gasteiger partial charge in [-0.1, -0.05) is 25.1 Å². The summed E-state index contributed by atoms with van der Waals surface area (Å²) in [4.78, 5) is 31.2. The monoisotopic (exact) mass is 612 g/mol. The average Bonchev–Trinajstić information content (AvgIpc) is 2.99. The van der Waals surface area contributed by atoms with Gasteiger partial charge in [-0.2, -0.15) is 0 Å². The Kier molecular flexibility index (Phi) is 11.3. The Morgan fingerprint density at radius 3 is 2.58 bits per heavy atom. The van der Waals surface area contributed by atoms with Crippen LogP contribution >= 0.6 is 11.6 Å². The van der Waals surface area contributed by atoms with Crippen molar-refractivity contribution in [2.75, 3.05) is 51.9 Å². The molecular weight excluding hydrogens is 572 g/mol. The maximum absolute atomic E-state index is 12.7. The van der Waals surface area contributed by atoms with Gasteiger partial charge in [0, 0.05) is 55.4 Å². The molecule has 2 saturated heterocycles. The molecule has 3 amide bonds. The molecule has 0 atom stereocenters. The molecule has 2 heterocycles. The molecule has 2 fully saturated rings. The summed E-state index contributed by atoms with van der Waals surface area (Å²) >= 11 is 6.39. The number of methoxy groups -OCH3 is 1. The highest BCUT2D eigenvalue weighted by molar-refractivity contribution is 6.33. The van der Waals surface area contributed by atoms with Crippen LogP contribution in [0.5, 0.6) is 17.2 Å². The van der Waals surface area contributed by atoms with E-state index in [9.17, 15) is 9.59 Å². The van der Waals surface area contributed by atoms with Gasteiger partial charge >= 0.3 is 6.03 Å². The number of carbonyl (C=O) groups is 2. The smallest absolute Gasteiger partial charge is 0.319 e. The van der Waals surface area contributed by atoms with E-state index in [1.165, 1.54) is 0 Å². The van der Waals surface area contributed by atoms with Crippen LogP contribution in [-0.4, -0.2) is 69.6 Å². The summed E-state index contributed by atoms with van der Waals surface area (Å²) in [5.41, 5.74) is 1.95. The fraction of sp³-hybridized carbons (Fsp3) is 0.469. The molecule has 4 rings (SSSR count). The highest BCUT2D eigenvalue weighted by atomic mass is 35.5. The first-order valence-corrected chi connectivity index (χ1v) is 15.1. The molecule has 2 aromatic carbocycles. The molecule has 232 valence electrons. The molecule has 0 unspecified atom stereocenters. The number of likely N-dealkylation sites (tertiary alicyclic amines) is 1. The Morgan fingerprint density at radius 2 is 1.95 bits per heavy atom. The van der Waals surface area contributed by atoms with Crippen LogP contribution in [0.1, 0.15) is 51.5 Å². The van der Waals surface area contributed by atoms with Gasteiger partial charge in [-0.15, -0.1) is 0 Å². The van der Waals surface area contributed by atoms with Crippen molar-refractivity contribution in [2.24, 2.45) is 10.4 Å². The molecular formula is C32H41ClN4O6. The number of ether oxygens (including phenoxy) is 4. The second-order valence-electron chi connectivity index (χ2n) is 10.8. The number of halogens is 1. The Bertz CT molecular complexity index is 1330. The third-order valence-corrected chi connectivity index (χ3v) is 7.91. The van der Waals surface area contributed by atoms with Crippen molar-refractivity contribution in [1.82, 2.24) is 10.2 Å². The summed E-state index contributed by atoms with van der Waals surface area (Å²) in [6.07, 6.45) is 5.54. The second-order valence-corrected chi connectivity index (χ2v) is 11.2. The number of anilines is 1. The first-order chi connectivity index (χ1) is 20.8. The summed E-state index contributed by atoms with van der Waals surface area (Å²) in [6, 6.07) is 8.15. The van der Waals surface area contributed by atoms with Crippen LogP contribution in [0.15, 0.2) is 41.9 Å². The van der Waals surface area contributed by atoms with E-state index in [2.05, 4.69) is 22.2 Å². The van der Waals surface area contributed by atoms with Crippen LogP contribution in [0.3, 0.4) is 0 Å². The minimum Gasteiger partial charge on any atom is -0.493 e. The average molecular weight is 613 g/mol. The molecule has 0 aliphatic carbocycles. The Labute approximate surface area is 258 Å². The highest BCUT2D eigenvalue weighted by Gasteiger charge is 2.41. The van der Waals surface area contributed by atoms with Gasteiger partial charge in [-0.05, 0) is 50.8 Å². The molecule has 2 aromatic rings. The Balaban J connectivity index is 1.35. The fourth-order valence-corrected chi connectivity index (χ4v) is 5.25. The number of piperidine rings is 1. The second kappa shape index (κ2) is 15.1. The minimum atomic E-state index is -0.329. The van der Waals surface area contributed by atoms with Crippen molar-refractivity contribution in [3.05, 3.63) is 47.5 Å². The van der Waals surface area contributed by atoms with E-state index in [0.717, 1.165) is 45.6 Å².